The van der Waals surface area contributed by atoms with Gasteiger partial charge < -0.3 is 10.2 Å². The van der Waals surface area contributed by atoms with Crippen LogP contribution in [0.4, 0.5) is 5.69 Å². The number of rotatable bonds is 3. The molecule has 2 rings (SSSR count). The Morgan fingerprint density at radius 1 is 1.47 bits per heavy atom. The Hall–Kier alpha value is -1.06. The highest BCUT2D eigenvalue weighted by molar-refractivity contribution is 5.47. The lowest BCUT2D eigenvalue weighted by molar-refractivity contribution is 0.204. The van der Waals surface area contributed by atoms with Crippen LogP contribution < -0.4 is 10.2 Å². The maximum absolute atomic E-state index is 3.47. The highest BCUT2D eigenvalue weighted by atomic mass is 15.2. The molecule has 94 valence electrons. The van der Waals surface area contributed by atoms with Gasteiger partial charge in [0.2, 0.25) is 0 Å². The summed E-state index contributed by atoms with van der Waals surface area (Å²) >= 11 is 0. The lowest BCUT2D eigenvalue weighted by Crippen LogP contribution is -2.53. The summed E-state index contributed by atoms with van der Waals surface area (Å²) in [4.78, 5) is 4.80. The summed E-state index contributed by atoms with van der Waals surface area (Å²) in [5.74, 6) is 0. The van der Waals surface area contributed by atoms with E-state index in [9.17, 15) is 0 Å². The zero-order valence-corrected chi connectivity index (χ0v) is 11.1. The third kappa shape index (κ3) is 3.20. The number of likely N-dealkylation sites (N-methyl/N-ethyl adjacent to an activating group) is 2. The highest BCUT2D eigenvalue weighted by Crippen LogP contribution is 2.15. The van der Waals surface area contributed by atoms with Gasteiger partial charge in [0.1, 0.15) is 0 Å². The van der Waals surface area contributed by atoms with Crippen molar-refractivity contribution in [3.63, 3.8) is 0 Å². The van der Waals surface area contributed by atoms with Crippen molar-refractivity contribution in [1.82, 2.24) is 10.2 Å². The summed E-state index contributed by atoms with van der Waals surface area (Å²) in [5.41, 5.74) is 2.63. The van der Waals surface area contributed by atoms with E-state index in [0.717, 1.165) is 26.2 Å². The number of aryl methyl sites for hydroxylation is 1. The molecule has 17 heavy (non-hydrogen) atoms. The van der Waals surface area contributed by atoms with E-state index in [4.69, 9.17) is 0 Å². The number of anilines is 1. The van der Waals surface area contributed by atoms with Crippen molar-refractivity contribution in [3.05, 3.63) is 29.8 Å². The van der Waals surface area contributed by atoms with Gasteiger partial charge in [-0.15, -0.1) is 0 Å². The van der Waals surface area contributed by atoms with Gasteiger partial charge in [0, 0.05) is 45.0 Å². The van der Waals surface area contributed by atoms with Crippen LogP contribution in [0.1, 0.15) is 5.56 Å². The van der Waals surface area contributed by atoms with E-state index in [0.29, 0.717) is 6.04 Å². The van der Waals surface area contributed by atoms with E-state index in [1.54, 1.807) is 0 Å². The fourth-order valence-corrected chi connectivity index (χ4v) is 2.35. The summed E-state index contributed by atoms with van der Waals surface area (Å²) in [7, 11) is 4.40. The molecule has 1 heterocycles. The van der Waals surface area contributed by atoms with Crippen molar-refractivity contribution in [2.45, 2.75) is 13.0 Å². The second kappa shape index (κ2) is 5.52. The van der Waals surface area contributed by atoms with Gasteiger partial charge in [-0.2, -0.15) is 0 Å². The lowest BCUT2D eigenvalue weighted by Gasteiger charge is -2.36. The van der Waals surface area contributed by atoms with Crippen LogP contribution in [0.15, 0.2) is 24.3 Å². The highest BCUT2D eigenvalue weighted by Gasteiger charge is 2.19. The average Bonchev–Trinajstić information content (AvgIpc) is 2.32. The molecule has 1 aromatic rings. The molecule has 0 aliphatic carbocycles. The van der Waals surface area contributed by atoms with Crippen LogP contribution in [-0.4, -0.2) is 51.2 Å². The monoisotopic (exact) mass is 233 g/mol. The SMILES string of the molecule is Cc1cccc(N(C)CC2CNCCN2C)c1. The van der Waals surface area contributed by atoms with Crippen LogP contribution in [0.3, 0.4) is 0 Å². The van der Waals surface area contributed by atoms with Crippen molar-refractivity contribution in [2.24, 2.45) is 0 Å². The zero-order chi connectivity index (χ0) is 12.3. The lowest BCUT2D eigenvalue weighted by atomic mass is 10.1. The van der Waals surface area contributed by atoms with E-state index in [2.05, 4.69) is 60.4 Å². The normalized spacial score (nSPS) is 21.5. The van der Waals surface area contributed by atoms with Crippen LogP contribution in [0, 0.1) is 6.92 Å². The van der Waals surface area contributed by atoms with Gasteiger partial charge in [0.25, 0.3) is 0 Å². The number of nitrogens with one attached hydrogen (secondary N) is 1. The van der Waals surface area contributed by atoms with Crippen molar-refractivity contribution in [1.29, 1.82) is 0 Å². The molecule has 1 unspecified atom stereocenters. The number of benzene rings is 1. The van der Waals surface area contributed by atoms with Crippen LogP contribution in [-0.2, 0) is 0 Å². The molecule has 1 atom stereocenters. The minimum absolute atomic E-state index is 0.606. The number of piperazine rings is 1. The summed E-state index contributed by atoms with van der Waals surface area (Å²) in [6.07, 6.45) is 0. The first-order chi connectivity index (χ1) is 8.16. The van der Waals surface area contributed by atoms with Gasteiger partial charge in [-0.25, -0.2) is 0 Å². The van der Waals surface area contributed by atoms with Crippen LogP contribution >= 0.6 is 0 Å². The summed E-state index contributed by atoms with van der Waals surface area (Å²) in [5, 5.41) is 3.47. The van der Waals surface area contributed by atoms with Crippen molar-refractivity contribution in [2.75, 3.05) is 45.2 Å². The van der Waals surface area contributed by atoms with Crippen molar-refractivity contribution >= 4 is 5.69 Å². The second-order valence-electron chi connectivity index (χ2n) is 5.06. The molecular formula is C14H23N3. The van der Waals surface area contributed by atoms with Crippen molar-refractivity contribution < 1.29 is 0 Å². The van der Waals surface area contributed by atoms with E-state index in [-0.39, 0.29) is 0 Å². The molecule has 1 aliphatic heterocycles. The van der Waals surface area contributed by atoms with Gasteiger partial charge in [-0.1, -0.05) is 12.1 Å². The number of nitrogens with zero attached hydrogens (tertiary/aromatic N) is 2. The fraction of sp³-hybridized carbons (Fsp3) is 0.571. The van der Waals surface area contributed by atoms with Crippen molar-refractivity contribution in [3.8, 4) is 0 Å². The number of hydrogen-bond acceptors (Lipinski definition) is 3. The van der Waals surface area contributed by atoms with Crippen LogP contribution in [0.25, 0.3) is 0 Å². The molecule has 0 saturated carbocycles. The molecule has 0 radical (unpaired) electrons. The maximum atomic E-state index is 3.47. The molecule has 0 amide bonds. The topological polar surface area (TPSA) is 18.5 Å². The molecular weight excluding hydrogens is 210 g/mol. The Balaban J connectivity index is 1.98. The molecule has 3 heteroatoms. The van der Waals surface area contributed by atoms with Crippen LogP contribution in [0.5, 0.6) is 0 Å². The third-order valence-electron chi connectivity index (χ3n) is 3.57. The number of hydrogen-bond donors (Lipinski definition) is 1. The van der Waals surface area contributed by atoms with Gasteiger partial charge >= 0.3 is 0 Å². The Labute approximate surface area is 104 Å². The molecule has 0 bridgehead atoms. The summed E-state index contributed by atoms with van der Waals surface area (Å²) in [6, 6.07) is 9.31. The molecule has 1 aliphatic rings. The molecule has 1 N–H and O–H groups in total. The van der Waals surface area contributed by atoms with E-state index in [1.165, 1.54) is 11.3 Å². The molecule has 1 saturated heterocycles. The quantitative estimate of drug-likeness (QED) is 0.850. The van der Waals surface area contributed by atoms with Gasteiger partial charge in [0.15, 0.2) is 0 Å². The Kier molecular flexibility index (Phi) is 4.02. The van der Waals surface area contributed by atoms with Gasteiger partial charge in [-0.3, -0.25) is 4.90 Å². The van der Waals surface area contributed by atoms with E-state index in [1.807, 2.05) is 0 Å². The molecule has 3 nitrogen and oxygen atoms in total. The van der Waals surface area contributed by atoms with Crippen LogP contribution in [0.2, 0.25) is 0 Å². The summed E-state index contributed by atoms with van der Waals surface area (Å²) in [6.45, 7) is 6.57. The Morgan fingerprint density at radius 3 is 3.00 bits per heavy atom. The second-order valence-corrected chi connectivity index (χ2v) is 5.06. The Morgan fingerprint density at radius 2 is 2.29 bits per heavy atom. The first kappa shape index (κ1) is 12.4. The first-order valence-electron chi connectivity index (χ1n) is 6.35. The largest absolute Gasteiger partial charge is 0.373 e. The molecule has 1 fully saturated rings. The van der Waals surface area contributed by atoms with E-state index < -0.39 is 0 Å². The first-order valence-corrected chi connectivity index (χ1v) is 6.35. The van der Waals surface area contributed by atoms with E-state index >= 15 is 0 Å². The summed E-state index contributed by atoms with van der Waals surface area (Å²) < 4.78 is 0. The smallest absolute Gasteiger partial charge is 0.0393 e. The van der Waals surface area contributed by atoms with Gasteiger partial charge in [-0.05, 0) is 31.7 Å². The molecule has 0 spiro atoms. The predicted octanol–water partition coefficient (Wildman–Crippen LogP) is 1.33. The molecule has 1 aromatic carbocycles. The zero-order valence-electron chi connectivity index (χ0n) is 11.1. The maximum Gasteiger partial charge on any atom is 0.0393 e. The minimum Gasteiger partial charge on any atom is -0.373 e. The Bertz CT molecular complexity index is 364. The molecule has 0 aromatic heterocycles. The van der Waals surface area contributed by atoms with Gasteiger partial charge in [0.05, 0.1) is 0 Å². The average molecular weight is 233 g/mol. The minimum atomic E-state index is 0.606. The standard InChI is InChI=1S/C14H23N3/c1-12-5-4-6-13(9-12)17(3)11-14-10-15-7-8-16(14)2/h4-6,9,14-15H,7-8,10-11H2,1-3H3. The third-order valence-corrected chi connectivity index (χ3v) is 3.57. The predicted molar refractivity (Wildman–Crippen MR) is 73.7 cm³/mol. The fourth-order valence-electron chi connectivity index (χ4n) is 2.35.